The number of thioether (sulfide) groups is 1. The second-order valence-electron chi connectivity index (χ2n) is 7.33. The summed E-state index contributed by atoms with van der Waals surface area (Å²) >= 11 is 3.01. The molecule has 0 aliphatic heterocycles. The summed E-state index contributed by atoms with van der Waals surface area (Å²) in [6, 6.07) is 15.8. The van der Waals surface area contributed by atoms with Crippen LogP contribution in [0.5, 0.6) is 5.75 Å². The number of aromatic nitrogens is 4. The van der Waals surface area contributed by atoms with E-state index >= 15 is 0 Å². The molecule has 2 aromatic carbocycles. The number of nitrogens with zero attached hydrogens (tertiary/aromatic N) is 4. The Morgan fingerprint density at radius 2 is 2.00 bits per heavy atom. The van der Waals surface area contributed by atoms with Crippen LogP contribution in [-0.4, -0.2) is 38.7 Å². The topological polar surface area (TPSA) is 81.9 Å². The average molecular weight is 480 g/mol. The first kappa shape index (κ1) is 23.0. The van der Waals surface area contributed by atoms with Gasteiger partial charge in [0, 0.05) is 11.4 Å². The van der Waals surface area contributed by atoms with E-state index in [2.05, 4.69) is 32.7 Å². The van der Waals surface area contributed by atoms with Gasteiger partial charge in [-0.3, -0.25) is 4.79 Å². The number of carbonyl (C=O) groups is 1. The Morgan fingerprint density at radius 1 is 1.18 bits per heavy atom. The fourth-order valence-corrected chi connectivity index (χ4v) is 4.87. The van der Waals surface area contributed by atoms with Crippen LogP contribution < -0.4 is 10.1 Å². The summed E-state index contributed by atoms with van der Waals surface area (Å²) in [7, 11) is 0. The van der Waals surface area contributed by atoms with Crippen molar-refractivity contribution in [3.63, 3.8) is 0 Å². The van der Waals surface area contributed by atoms with Crippen molar-refractivity contribution in [1.29, 1.82) is 0 Å². The number of carbonyl (C=O) groups excluding carboxylic acids is 1. The Bertz CT molecular complexity index is 1280. The molecule has 0 radical (unpaired) electrons. The number of aryl methyl sites for hydroxylation is 1. The summed E-state index contributed by atoms with van der Waals surface area (Å²) in [5.41, 5.74) is 4.15. The van der Waals surface area contributed by atoms with Crippen LogP contribution in [0, 0.1) is 13.8 Å². The molecule has 0 aliphatic rings. The SMILES string of the molecule is CCOc1cccc(CNC(=O)c2sc(-c3nnn(-c4cccc(SC)c4)c3C)nc2C)c1. The highest BCUT2D eigenvalue weighted by atomic mass is 32.2. The van der Waals surface area contributed by atoms with Crippen molar-refractivity contribution in [3.05, 3.63) is 70.4 Å². The van der Waals surface area contributed by atoms with E-state index in [1.807, 2.05) is 63.4 Å². The molecule has 7 nitrogen and oxygen atoms in total. The standard InChI is InChI=1S/C24H25N5O2S2/c1-5-31-19-10-6-8-17(12-19)14-25-23(30)22-15(2)26-24(33-22)21-16(3)29(28-27-21)18-9-7-11-20(13-18)32-4/h6-13H,5,14H2,1-4H3,(H,25,30). The molecule has 0 unspecified atom stereocenters. The van der Waals surface area contributed by atoms with E-state index in [0.29, 0.717) is 34.4 Å². The number of ether oxygens (including phenoxy) is 1. The van der Waals surface area contributed by atoms with Crippen LogP contribution in [0.4, 0.5) is 0 Å². The zero-order valence-electron chi connectivity index (χ0n) is 19.0. The first-order valence-electron chi connectivity index (χ1n) is 10.5. The number of rotatable bonds is 8. The lowest BCUT2D eigenvalue weighted by molar-refractivity contribution is 0.0954. The van der Waals surface area contributed by atoms with E-state index in [0.717, 1.165) is 27.6 Å². The average Bonchev–Trinajstić information content (AvgIpc) is 3.40. The normalized spacial score (nSPS) is 10.9. The molecule has 4 rings (SSSR count). The first-order valence-corrected chi connectivity index (χ1v) is 12.6. The van der Waals surface area contributed by atoms with Crippen molar-refractivity contribution in [3.8, 4) is 22.1 Å². The first-order chi connectivity index (χ1) is 16.0. The Labute approximate surface area is 201 Å². The largest absolute Gasteiger partial charge is 0.494 e. The minimum absolute atomic E-state index is 0.157. The van der Waals surface area contributed by atoms with Crippen LogP contribution in [0.3, 0.4) is 0 Å². The number of benzene rings is 2. The van der Waals surface area contributed by atoms with E-state index < -0.39 is 0 Å². The Morgan fingerprint density at radius 3 is 2.79 bits per heavy atom. The van der Waals surface area contributed by atoms with Gasteiger partial charge in [0.25, 0.3) is 5.91 Å². The second-order valence-corrected chi connectivity index (χ2v) is 9.21. The molecule has 0 aliphatic carbocycles. The van der Waals surface area contributed by atoms with Crippen LogP contribution in [0.15, 0.2) is 53.4 Å². The molecule has 1 amide bonds. The van der Waals surface area contributed by atoms with E-state index in [1.54, 1.807) is 16.4 Å². The number of hydrogen-bond acceptors (Lipinski definition) is 7. The Kier molecular flexibility index (Phi) is 7.10. The van der Waals surface area contributed by atoms with Crippen molar-refractivity contribution >= 4 is 29.0 Å². The molecular formula is C24H25N5O2S2. The number of hydrogen-bond donors (Lipinski definition) is 1. The van der Waals surface area contributed by atoms with Crippen molar-refractivity contribution in [2.24, 2.45) is 0 Å². The van der Waals surface area contributed by atoms with Crippen molar-refractivity contribution in [2.45, 2.75) is 32.2 Å². The zero-order chi connectivity index (χ0) is 23.4. The lowest BCUT2D eigenvalue weighted by Gasteiger charge is -2.07. The van der Waals surface area contributed by atoms with E-state index in [4.69, 9.17) is 4.74 Å². The molecule has 2 heterocycles. The van der Waals surface area contributed by atoms with Gasteiger partial charge in [0.05, 0.1) is 23.7 Å². The molecule has 0 saturated heterocycles. The van der Waals surface area contributed by atoms with Crippen LogP contribution in [0.1, 0.15) is 33.5 Å². The minimum atomic E-state index is -0.157. The molecule has 33 heavy (non-hydrogen) atoms. The van der Waals surface area contributed by atoms with Gasteiger partial charge in [-0.2, -0.15) is 0 Å². The summed E-state index contributed by atoms with van der Waals surface area (Å²) in [6.07, 6.45) is 2.04. The van der Waals surface area contributed by atoms with Gasteiger partial charge >= 0.3 is 0 Å². The molecule has 4 aromatic rings. The predicted octanol–water partition coefficient (Wildman–Crippen LogP) is 5.06. The molecule has 0 bridgehead atoms. The fraction of sp³-hybridized carbons (Fsp3) is 0.250. The number of thiazole rings is 1. The lowest BCUT2D eigenvalue weighted by atomic mass is 10.2. The highest BCUT2D eigenvalue weighted by Gasteiger charge is 2.20. The van der Waals surface area contributed by atoms with Crippen molar-refractivity contribution < 1.29 is 9.53 Å². The molecule has 170 valence electrons. The van der Waals surface area contributed by atoms with Gasteiger partial charge in [-0.1, -0.05) is 23.4 Å². The predicted molar refractivity (Wildman–Crippen MR) is 133 cm³/mol. The lowest BCUT2D eigenvalue weighted by Crippen LogP contribution is -2.22. The van der Waals surface area contributed by atoms with Crippen molar-refractivity contribution in [1.82, 2.24) is 25.3 Å². The third kappa shape index (κ3) is 5.09. The fourth-order valence-electron chi connectivity index (χ4n) is 3.40. The summed E-state index contributed by atoms with van der Waals surface area (Å²) < 4.78 is 7.33. The molecule has 0 saturated carbocycles. The molecule has 0 fully saturated rings. The molecular weight excluding hydrogens is 454 g/mol. The summed E-state index contributed by atoms with van der Waals surface area (Å²) in [6.45, 7) is 6.76. The molecule has 2 aromatic heterocycles. The third-order valence-corrected chi connectivity index (χ3v) is 6.95. The van der Waals surface area contributed by atoms with Gasteiger partial charge in [0.15, 0.2) is 0 Å². The maximum absolute atomic E-state index is 12.9. The maximum Gasteiger partial charge on any atom is 0.263 e. The van der Waals surface area contributed by atoms with Crippen LogP contribution in [0.2, 0.25) is 0 Å². The summed E-state index contributed by atoms with van der Waals surface area (Å²) in [4.78, 5) is 19.2. The minimum Gasteiger partial charge on any atom is -0.494 e. The van der Waals surface area contributed by atoms with E-state index in [-0.39, 0.29) is 5.91 Å². The van der Waals surface area contributed by atoms with Gasteiger partial charge in [-0.05, 0) is 62.9 Å². The maximum atomic E-state index is 12.9. The Balaban J connectivity index is 1.52. The van der Waals surface area contributed by atoms with Crippen LogP contribution >= 0.6 is 23.1 Å². The van der Waals surface area contributed by atoms with Gasteiger partial charge in [0.1, 0.15) is 21.3 Å². The van der Waals surface area contributed by atoms with Crippen LogP contribution in [-0.2, 0) is 6.54 Å². The van der Waals surface area contributed by atoms with E-state index in [9.17, 15) is 4.79 Å². The molecule has 1 N–H and O–H groups in total. The summed E-state index contributed by atoms with van der Waals surface area (Å²) in [5.74, 6) is 0.637. The smallest absolute Gasteiger partial charge is 0.263 e. The number of amides is 1. The number of nitrogens with one attached hydrogen (secondary N) is 1. The monoisotopic (exact) mass is 479 g/mol. The van der Waals surface area contributed by atoms with Crippen molar-refractivity contribution in [2.75, 3.05) is 12.9 Å². The molecule has 0 spiro atoms. The molecule has 9 heteroatoms. The van der Waals surface area contributed by atoms with Crippen LogP contribution in [0.25, 0.3) is 16.4 Å². The van der Waals surface area contributed by atoms with Gasteiger partial charge in [-0.15, -0.1) is 28.2 Å². The quantitative estimate of drug-likeness (QED) is 0.356. The van der Waals surface area contributed by atoms with Gasteiger partial charge in [0.2, 0.25) is 0 Å². The Hall–Kier alpha value is -3.17. The zero-order valence-corrected chi connectivity index (χ0v) is 20.6. The molecule has 0 atom stereocenters. The van der Waals surface area contributed by atoms with E-state index in [1.165, 1.54) is 11.3 Å². The highest BCUT2D eigenvalue weighted by molar-refractivity contribution is 7.98. The second kappa shape index (κ2) is 10.2. The summed E-state index contributed by atoms with van der Waals surface area (Å²) in [5, 5.41) is 12.4. The third-order valence-electron chi connectivity index (χ3n) is 5.06. The van der Waals surface area contributed by atoms with Gasteiger partial charge < -0.3 is 10.1 Å². The highest BCUT2D eigenvalue weighted by Crippen LogP contribution is 2.30. The van der Waals surface area contributed by atoms with Gasteiger partial charge in [-0.25, -0.2) is 9.67 Å².